The predicted octanol–water partition coefficient (Wildman–Crippen LogP) is 4.05. The van der Waals surface area contributed by atoms with E-state index in [1.165, 1.54) is 17.5 Å². The lowest BCUT2D eigenvalue weighted by Crippen LogP contribution is -2.50. The molecule has 1 aromatic heterocycles. The van der Waals surface area contributed by atoms with Crippen LogP contribution in [0.1, 0.15) is 49.8 Å². The van der Waals surface area contributed by atoms with Gasteiger partial charge >= 0.3 is 0 Å². The lowest BCUT2D eigenvalue weighted by molar-refractivity contribution is -0.127. The van der Waals surface area contributed by atoms with Crippen LogP contribution < -0.4 is 5.32 Å². The minimum Gasteiger partial charge on any atom is -0.352 e. The van der Waals surface area contributed by atoms with E-state index < -0.39 is 0 Å². The molecule has 2 saturated heterocycles. The Balaban J connectivity index is 1.26. The highest BCUT2D eigenvalue weighted by atomic mass is 32.1. The molecule has 0 saturated carbocycles. The molecule has 150 valence electrons. The maximum absolute atomic E-state index is 12.9. The largest absolute Gasteiger partial charge is 0.352 e. The average Bonchev–Trinajstić information content (AvgIpc) is 3.41. The summed E-state index contributed by atoms with van der Waals surface area (Å²) in [6.45, 7) is 6.20. The Bertz CT molecular complexity index is 740. The van der Waals surface area contributed by atoms with Gasteiger partial charge in [0.15, 0.2) is 0 Å². The number of hydrogen-bond donors (Lipinski definition) is 1. The zero-order valence-corrected chi connectivity index (χ0v) is 17.5. The second kappa shape index (κ2) is 9.21. The van der Waals surface area contributed by atoms with Crippen molar-refractivity contribution in [2.75, 3.05) is 19.6 Å². The van der Waals surface area contributed by atoms with Gasteiger partial charge < -0.3 is 5.32 Å². The van der Waals surface area contributed by atoms with Gasteiger partial charge in [0, 0.05) is 31.7 Å². The normalized spacial score (nSPS) is 23.0. The first-order valence-electron chi connectivity index (χ1n) is 10.5. The summed E-state index contributed by atoms with van der Waals surface area (Å²) in [5.74, 6) is 0.198. The van der Waals surface area contributed by atoms with Crippen molar-refractivity contribution in [2.24, 2.45) is 0 Å². The lowest BCUT2D eigenvalue weighted by atomic mass is 10.0. The van der Waals surface area contributed by atoms with Gasteiger partial charge in [-0.2, -0.15) is 11.3 Å². The van der Waals surface area contributed by atoms with E-state index in [2.05, 4.69) is 69.2 Å². The number of hydrogen-bond acceptors (Lipinski definition) is 4. The summed E-state index contributed by atoms with van der Waals surface area (Å²) in [7, 11) is 0. The van der Waals surface area contributed by atoms with Crippen molar-refractivity contribution in [3.63, 3.8) is 0 Å². The minimum atomic E-state index is -0.0604. The molecule has 3 heterocycles. The van der Waals surface area contributed by atoms with Gasteiger partial charge in [0.2, 0.25) is 5.91 Å². The SMILES string of the molecule is C[C@H](C(=O)NC1CCN(Cc2ccccc2)CC1)N1CCC[C@H]1c1ccsc1. The van der Waals surface area contributed by atoms with Crippen molar-refractivity contribution in [1.29, 1.82) is 0 Å². The Hall–Kier alpha value is -1.69. The summed E-state index contributed by atoms with van der Waals surface area (Å²) in [5, 5.41) is 7.71. The molecule has 1 amide bonds. The molecule has 0 spiro atoms. The van der Waals surface area contributed by atoms with E-state index in [-0.39, 0.29) is 11.9 Å². The third-order valence-electron chi connectivity index (χ3n) is 6.28. The van der Waals surface area contributed by atoms with Gasteiger partial charge in [0.05, 0.1) is 6.04 Å². The first-order chi connectivity index (χ1) is 13.7. The van der Waals surface area contributed by atoms with Crippen LogP contribution in [-0.4, -0.2) is 47.4 Å². The molecule has 5 heteroatoms. The molecular weight excluding hydrogens is 366 g/mol. The minimum absolute atomic E-state index is 0.0604. The first kappa shape index (κ1) is 19.6. The summed E-state index contributed by atoms with van der Waals surface area (Å²) in [6, 6.07) is 13.5. The fraction of sp³-hybridized carbons (Fsp3) is 0.522. The monoisotopic (exact) mass is 397 g/mol. The van der Waals surface area contributed by atoms with Crippen LogP contribution in [0.4, 0.5) is 0 Å². The van der Waals surface area contributed by atoms with Crippen LogP contribution in [0.25, 0.3) is 0 Å². The summed E-state index contributed by atoms with van der Waals surface area (Å²) in [5.41, 5.74) is 2.74. The van der Waals surface area contributed by atoms with Crippen molar-refractivity contribution >= 4 is 17.2 Å². The van der Waals surface area contributed by atoms with E-state index in [0.29, 0.717) is 12.1 Å². The number of amides is 1. The van der Waals surface area contributed by atoms with Gasteiger partial charge in [0.25, 0.3) is 0 Å². The number of thiophene rings is 1. The van der Waals surface area contributed by atoms with Gasteiger partial charge in [-0.15, -0.1) is 0 Å². The van der Waals surface area contributed by atoms with Crippen molar-refractivity contribution < 1.29 is 4.79 Å². The Labute approximate surface area is 172 Å². The smallest absolute Gasteiger partial charge is 0.237 e. The highest BCUT2D eigenvalue weighted by molar-refractivity contribution is 7.07. The number of rotatable bonds is 6. The zero-order valence-electron chi connectivity index (χ0n) is 16.7. The van der Waals surface area contributed by atoms with Crippen LogP contribution in [0.2, 0.25) is 0 Å². The third kappa shape index (κ3) is 4.65. The van der Waals surface area contributed by atoms with E-state index in [4.69, 9.17) is 0 Å². The second-order valence-corrected chi connectivity index (χ2v) is 8.95. The number of piperidine rings is 1. The van der Waals surface area contributed by atoms with Gasteiger partial charge in [-0.1, -0.05) is 30.3 Å². The topological polar surface area (TPSA) is 35.6 Å². The Kier molecular flexibility index (Phi) is 6.45. The van der Waals surface area contributed by atoms with Gasteiger partial charge in [0.1, 0.15) is 0 Å². The number of benzene rings is 1. The van der Waals surface area contributed by atoms with E-state index in [1.54, 1.807) is 11.3 Å². The van der Waals surface area contributed by atoms with Crippen LogP contribution in [-0.2, 0) is 11.3 Å². The Morgan fingerprint density at radius 2 is 1.93 bits per heavy atom. The molecule has 2 fully saturated rings. The van der Waals surface area contributed by atoms with Gasteiger partial charge in [-0.3, -0.25) is 14.6 Å². The molecular formula is C23H31N3OS. The van der Waals surface area contributed by atoms with Crippen LogP contribution >= 0.6 is 11.3 Å². The number of nitrogens with one attached hydrogen (secondary N) is 1. The predicted molar refractivity (Wildman–Crippen MR) is 115 cm³/mol. The maximum Gasteiger partial charge on any atom is 0.237 e. The van der Waals surface area contributed by atoms with Crippen LogP contribution in [0.5, 0.6) is 0 Å². The first-order valence-corrected chi connectivity index (χ1v) is 11.5. The van der Waals surface area contributed by atoms with Crippen molar-refractivity contribution in [2.45, 2.75) is 57.3 Å². The number of likely N-dealkylation sites (tertiary alicyclic amines) is 2. The maximum atomic E-state index is 12.9. The fourth-order valence-corrected chi connectivity index (χ4v) is 5.33. The summed E-state index contributed by atoms with van der Waals surface area (Å²) in [4.78, 5) is 17.8. The van der Waals surface area contributed by atoms with Crippen LogP contribution in [0.15, 0.2) is 47.2 Å². The Morgan fingerprint density at radius 3 is 2.64 bits per heavy atom. The summed E-state index contributed by atoms with van der Waals surface area (Å²) < 4.78 is 0. The molecule has 4 nitrogen and oxygen atoms in total. The van der Waals surface area contributed by atoms with E-state index in [1.807, 2.05) is 0 Å². The molecule has 4 rings (SSSR count). The van der Waals surface area contributed by atoms with Crippen LogP contribution in [0.3, 0.4) is 0 Å². The molecule has 0 unspecified atom stereocenters. The molecule has 2 atom stereocenters. The number of carbonyl (C=O) groups is 1. The molecule has 1 N–H and O–H groups in total. The average molecular weight is 398 g/mol. The van der Waals surface area contributed by atoms with Gasteiger partial charge in [-0.25, -0.2) is 0 Å². The highest BCUT2D eigenvalue weighted by Gasteiger charge is 2.34. The van der Waals surface area contributed by atoms with Crippen molar-refractivity contribution in [3.05, 3.63) is 58.3 Å². The van der Waals surface area contributed by atoms with Crippen molar-refractivity contribution in [1.82, 2.24) is 15.1 Å². The summed E-state index contributed by atoms with van der Waals surface area (Å²) >= 11 is 1.75. The van der Waals surface area contributed by atoms with E-state index >= 15 is 0 Å². The quantitative estimate of drug-likeness (QED) is 0.799. The zero-order chi connectivity index (χ0) is 19.3. The third-order valence-corrected chi connectivity index (χ3v) is 6.98. The standard InChI is InChI=1S/C23H31N3OS/c1-18(26-12-5-8-22(26)20-11-15-28-17-20)23(27)24-21-9-13-25(14-10-21)16-19-6-3-2-4-7-19/h2-4,6-7,11,15,17-18,21-22H,5,8-10,12-14,16H2,1H3,(H,24,27)/t18-,22+/m1/s1. The molecule has 2 aliphatic heterocycles. The van der Waals surface area contributed by atoms with E-state index in [0.717, 1.165) is 45.4 Å². The molecule has 0 aliphatic carbocycles. The molecule has 1 aromatic carbocycles. The highest BCUT2D eigenvalue weighted by Crippen LogP contribution is 2.34. The molecule has 0 radical (unpaired) electrons. The summed E-state index contributed by atoms with van der Waals surface area (Å²) in [6.07, 6.45) is 4.42. The number of carbonyl (C=O) groups excluding carboxylic acids is 1. The Morgan fingerprint density at radius 1 is 1.14 bits per heavy atom. The van der Waals surface area contributed by atoms with Gasteiger partial charge in [-0.05, 0) is 67.1 Å². The van der Waals surface area contributed by atoms with Crippen LogP contribution in [0, 0.1) is 0 Å². The number of nitrogens with zero attached hydrogens (tertiary/aromatic N) is 2. The van der Waals surface area contributed by atoms with Crippen molar-refractivity contribution in [3.8, 4) is 0 Å². The molecule has 0 bridgehead atoms. The second-order valence-electron chi connectivity index (χ2n) is 8.17. The molecule has 2 aliphatic rings. The van der Waals surface area contributed by atoms with E-state index in [9.17, 15) is 4.79 Å². The lowest BCUT2D eigenvalue weighted by Gasteiger charge is -2.35. The molecule has 28 heavy (non-hydrogen) atoms. The fourth-order valence-electron chi connectivity index (χ4n) is 4.62. The molecule has 2 aromatic rings.